The molecule has 0 saturated carbocycles. The SMILES string of the molecule is CCc1cccs1.[NaH]. The van der Waals surface area contributed by atoms with Crippen molar-refractivity contribution in [1.29, 1.82) is 0 Å². The topological polar surface area (TPSA) is 0 Å². The summed E-state index contributed by atoms with van der Waals surface area (Å²) in [6.07, 6.45) is 1.18. The second-order valence-corrected chi connectivity index (χ2v) is 2.47. The summed E-state index contributed by atoms with van der Waals surface area (Å²) < 4.78 is 0. The molecule has 0 nitrogen and oxygen atoms in total. The van der Waals surface area contributed by atoms with Gasteiger partial charge in [-0.1, -0.05) is 13.0 Å². The minimum atomic E-state index is 0. The normalized spacial score (nSPS) is 8.12. The van der Waals surface area contributed by atoms with Crippen molar-refractivity contribution in [2.45, 2.75) is 13.3 Å². The molecule has 0 spiro atoms. The predicted octanol–water partition coefficient (Wildman–Crippen LogP) is 1.66. The average molecular weight is 136 g/mol. The van der Waals surface area contributed by atoms with Gasteiger partial charge in [-0.3, -0.25) is 0 Å². The van der Waals surface area contributed by atoms with E-state index < -0.39 is 0 Å². The molecule has 0 unspecified atom stereocenters. The van der Waals surface area contributed by atoms with E-state index in [4.69, 9.17) is 0 Å². The molecule has 2 heteroatoms. The second kappa shape index (κ2) is 4.57. The summed E-state index contributed by atoms with van der Waals surface area (Å²) in [5, 5.41) is 2.11. The van der Waals surface area contributed by atoms with Crippen LogP contribution in [0.3, 0.4) is 0 Å². The molecule has 8 heavy (non-hydrogen) atoms. The second-order valence-electron chi connectivity index (χ2n) is 1.43. The summed E-state index contributed by atoms with van der Waals surface area (Å²) in [5.41, 5.74) is 0. The fourth-order valence-electron chi connectivity index (χ4n) is 0.514. The van der Waals surface area contributed by atoms with Crippen LogP contribution in [-0.2, 0) is 6.42 Å². The maximum atomic E-state index is 2.17. The Morgan fingerprint density at radius 3 is 2.62 bits per heavy atom. The molecule has 0 radical (unpaired) electrons. The Kier molecular flexibility index (Phi) is 4.97. The third-order valence-electron chi connectivity index (χ3n) is 0.929. The van der Waals surface area contributed by atoms with Crippen molar-refractivity contribution in [2.75, 3.05) is 0 Å². The molecular weight excluding hydrogens is 127 g/mol. The van der Waals surface area contributed by atoms with Gasteiger partial charge in [0.1, 0.15) is 0 Å². The van der Waals surface area contributed by atoms with Gasteiger partial charge < -0.3 is 0 Å². The molecule has 0 atom stereocenters. The molecular formula is C6H9NaS. The van der Waals surface area contributed by atoms with Crippen LogP contribution >= 0.6 is 11.3 Å². The number of hydrogen-bond acceptors (Lipinski definition) is 1. The molecule has 0 amide bonds. The van der Waals surface area contributed by atoms with E-state index in [0.29, 0.717) is 0 Å². The van der Waals surface area contributed by atoms with Crippen molar-refractivity contribution in [3.05, 3.63) is 22.4 Å². The average Bonchev–Trinajstić information content (AvgIpc) is 2.14. The number of hydrogen-bond donors (Lipinski definition) is 0. The van der Waals surface area contributed by atoms with E-state index in [2.05, 4.69) is 24.4 Å². The van der Waals surface area contributed by atoms with Crippen LogP contribution in [0.15, 0.2) is 17.5 Å². The third-order valence-corrected chi connectivity index (χ3v) is 1.95. The molecule has 0 aliphatic carbocycles. The van der Waals surface area contributed by atoms with Gasteiger partial charge in [-0.25, -0.2) is 0 Å². The van der Waals surface area contributed by atoms with E-state index >= 15 is 0 Å². The van der Waals surface area contributed by atoms with E-state index in [1.165, 1.54) is 11.3 Å². The van der Waals surface area contributed by atoms with Crippen LogP contribution in [-0.4, -0.2) is 29.6 Å². The van der Waals surface area contributed by atoms with Crippen molar-refractivity contribution in [3.8, 4) is 0 Å². The Hall–Kier alpha value is 0.700. The Labute approximate surface area is 76.2 Å². The van der Waals surface area contributed by atoms with E-state index in [0.717, 1.165) is 0 Å². The molecule has 1 rings (SSSR count). The van der Waals surface area contributed by atoms with E-state index in [1.807, 2.05) is 11.3 Å². The molecule has 0 saturated heterocycles. The molecule has 0 aliphatic rings. The van der Waals surface area contributed by atoms with Gasteiger partial charge in [0, 0.05) is 4.88 Å². The summed E-state index contributed by atoms with van der Waals surface area (Å²) in [6, 6.07) is 4.24. The van der Waals surface area contributed by atoms with Crippen molar-refractivity contribution >= 4 is 40.9 Å². The summed E-state index contributed by atoms with van der Waals surface area (Å²) in [4.78, 5) is 1.47. The zero-order chi connectivity index (χ0) is 5.11. The fourth-order valence-corrected chi connectivity index (χ4v) is 1.17. The van der Waals surface area contributed by atoms with E-state index in [-0.39, 0.29) is 29.6 Å². The van der Waals surface area contributed by atoms with E-state index in [1.54, 1.807) is 0 Å². The van der Waals surface area contributed by atoms with Crippen molar-refractivity contribution in [2.24, 2.45) is 0 Å². The standard InChI is InChI=1S/C6H8S.Na.H/c1-2-6-4-3-5-7-6;;/h3-5H,2H2,1H3;;. The monoisotopic (exact) mass is 136 g/mol. The third kappa shape index (κ3) is 2.31. The van der Waals surface area contributed by atoms with Gasteiger partial charge in [-0.2, -0.15) is 0 Å². The zero-order valence-electron chi connectivity index (χ0n) is 4.35. The summed E-state index contributed by atoms with van der Waals surface area (Å²) in [7, 11) is 0. The summed E-state index contributed by atoms with van der Waals surface area (Å²) in [6.45, 7) is 2.17. The Balaban J connectivity index is 0.000000490. The molecule has 0 N–H and O–H groups in total. The van der Waals surface area contributed by atoms with Gasteiger partial charge in [0.15, 0.2) is 0 Å². The van der Waals surface area contributed by atoms with Gasteiger partial charge in [-0.15, -0.1) is 11.3 Å². The predicted molar refractivity (Wildman–Crippen MR) is 40.8 cm³/mol. The number of aryl methyl sites for hydroxylation is 1. The van der Waals surface area contributed by atoms with Gasteiger partial charge in [0.2, 0.25) is 0 Å². The number of thiophene rings is 1. The molecule has 0 bridgehead atoms. The molecule has 0 fully saturated rings. The van der Waals surface area contributed by atoms with Gasteiger partial charge in [0.25, 0.3) is 0 Å². The zero-order valence-corrected chi connectivity index (χ0v) is 5.16. The Morgan fingerprint density at radius 2 is 2.38 bits per heavy atom. The quantitative estimate of drug-likeness (QED) is 0.515. The summed E-state index contributed by atoms with van der Waals surface area (Å²) in [5.74, 6) is 0. The first-order valence-electron chi connectivity index (χ1n) is 2.46. The molecule has 40 valence electrons. The first-order chi connectivity index (χ1) is 3.43. The number of rotatable bonds is 1. The van der Waals surface area contributed by atoms with Crippen LogP contribution in [0.4, 0.5) is 0 Å². The molecule has 1 aromatic heterocycles. The van der Waals surface area contributed by atoms with Crippen LogP contribution in [0.2, 0.25) is 0 Å². The van der Waals surface area contributed by atoms with Crippen molar-refractivity contribution < 1.29 is 0 Å². The summed E-state index contributed by atoms with van der Waals surface area (Å²) >= 11 is 1.82. The molecule has 0 aromatic carbocycles. The first kappa shape index (κ1) is 8.70. The minimum absolute atomic E-state index is 0. The van der Waals surface area contributed by atoms with Gasteiger partial charge >= 0.3 is 29.6 Å². The van der Waals surface area contributed by atoms with Gasteiger partial charge in [-0.05, 0) is 17.9 Å². The van der Waals surface area contributed by atoms with E-state index in [9.17, 15) is 0 Å². The molecule has 1 aromatic rings. The molecule has 1 heterocycles. The van der Waals surface area contributed by atoms with Crippen LogP contribution in [0.1, 0.15) is 11.8 Å². The van der Waals surface area contributed by atoms with Crippen LogP contribution in [0.25, 0.3) is 0 Å². The van der Waals surface area contributed by atoms with Crippen LogP contribution in [0.5, 0.6) is 0 Å². The Bertz CT molecular complexity index is 123. The van der Waals surface area contributed by atoms with Gasteiger partial charge in [0.05, 0.1) is 0 Å². The first-order valence-corrected chi connectivity index (χ1v) is 3.34. The van der Waals surface area contributed by atoms with Crippen LogP contribution < -0.4 is 0 Å². The maximum absolute atomic E-state index is 2.17. The van der Waals surface area contributed by atoms with Crippen molar-refractivity contribution in [1.82, 2.24) is 0 Å². The Morgan fingerprint density at radius 1 is 1.62 bits per heavy atom. The molecule has 0 aliphatic heterocycles. The van der Waals surface area contributed by atoms with Crippen LogP contribution in [0, 0.1) is 0 Å². The fraction of sp³-hybridized carbons (Fsp3) is 0.333. The van der Waals surface area contributed by atoms with Crippen molar-refractivity contribution in [3.63, 3.8) is 0 Å².